The molecule has 2 aromatic rings. The maximum Gasteiger partial charge on any atom is 0.252 e. The van der Waals surface area contributed by atoms with Gasteiger partial charge in [0.05, 0.1) is 17.3 Å². The lowest BCUT2D eigenvalue weighted by molar-refractivity contribution is 0.0917. The Morgan fingerprint density at radius 3 is 2.81 bits per heavy atom. The zero-order valence-electron chi connectivity index (χ0n) is 20.9. The number of amides is 1. The van der Waals surface area contributed by atoms with Gasteiger partial charge in [0.1, 0.15) is 5.76 Å². The minimum atomic E-state index is 0.0282. The van der Waals surface area contributed by atoms with E-state index in [1.54, 1.807) is 6.20 Å². The number of pyridine rings is 1. The molecule has 4 aliphatic rings. The quantitative estimate of drug-likeness (QED) is 0.328. The summed E-state index contributed by atoms with van der Waals surface area (Å²) in [4.78, 5) is 20.1. The molecule has 6 rings (SSSR count). The predicted molar refractivity (Wildman–Crippen MR) is 143 cm³/mol. The summed E-state index contributed by atoms with van der Waals surface area (Å²) in [7, 11) is 0. The van der Waals surface area contributed by atoms with Gasteiger partial charge in [0.25, 0.3) is 5.91 Å². The Hall–Kier alpha value is -3.18. The van der Waals surface area contributed by atoms with E-state index in [9.17, 15) is 4.79 Å². The van der Waals surface area contributed by atoms with Crippen molar-refractivity contribution >= 4 is 16.8 Å². The van der Waals surface area contributed by atoms with E-state index in [0.717, 1.165) is 47.5 Å². The fourth-order valence-electron chi connectivity index (χ4n) is 6.30. The van der Waals surface area contributed by atoms with E-state index < -0.39 is 0 Å². The summed E-state index contributed by atoms with van der Waals surface area (Å²) in [6, 6.07) is 19.0. The van der Waals surface area contributed by atoms with Crippen LogP contribution in [0.4, 0.5) is 0 Å². The second kappa shape index (κ2) is 10.4. The first-order valence-electron chi connectivity index (χ1n) is 13.6. The van der Waals surface area contributed by atoms with Crippen LogP contribution in [0.5, 0.6) is 0 Å². The number of carbonyl (C=O) groups is 1. The summed E-state index contributed by atoms with van der Waals surface area (Å²) in [6.45, 7) is 2.32. The van der Waals surface area contributed by atoms with Crippen molar-refractivity contribution in [1.82, 2.24) is 15.2 Å². The van der Waals surface area contributed by atoms with Crippen molar-refractivity contribution in [3.05, 3.63) is 78.2 Å². The van der Waals surface area contributed by atoms with Crippen molar-refractivity contribution in [3.63, 3.8) is 0 Å². The number of hydrogen-bond acceptors (Lipinski definition) is 4. The van der Waals surface area contributed by atoms with Crippen LogP contribution in [0.3, 0.4) is 0 Å². The number of aromatic nitrogens is 1. The van der Waals surface area contributed by atoms with E-state index in [2.05, 4.69) is 33.4 Å². The van der Waals surface area contributed by atoms with Gasteiger partial charge in [0.2, 0.25) is 0 Å². The third-order valence-corrected chi connectivity index (χ3v) is 8.35. The van der Waals surface area contributed by atoms with Gasteiger partial charge in [-0.05, 0) is 88.2 Å². The van der Waals surface area contributed by atoms with Crippen LogP contribution >= 0.6 is 0 Å². The highest BCUT2D eigenvalue weighted by molar-refractivity contribution is 6.06. The Kier molecular flexibility index (Phi) is 6.73. The summed E-state index contributed by atoms with van der Waals surface area (Å²) in [5, 5.41) is 4.23. The molecule has 1 aromatic carbocycles. The van der Waals surface area contributed by atoms with Crippen molar-refractivity contribution in [1.29, 1.82) is 0 Å². The van der Waals surface area contributed by atoms with Gasteiger partial charge >= 0.3 is 0 Å². The zero-order valence-corrected chi connectivity index (χ0v) is 20.9. The van der Waals surface area contributed by atoms with E-state index in [4.69, 9.17) is 4.42 Å². The van der Waals surface area contributed by atoms with Crippen molar-refractivity contribution < 1.29 is 9.21 Å². The monoisotopic (exact) mass is 481 g/mol. The molecule has 0 radical (unpaired) electrons. The van der Waals surface area contributed by atoms with Gasteiger partial charge in [0, 0.05) is 34.8 Å². The maximum atomic E-state index is 13.0. The van der Waals surface area contributed by atoms with Gasteiger partial charge in [-0.15, -0.1) is 0 Å². The highest BCUT2D eigenvalue weighted by Crippen LogP contribution is 2.36. The Bertz CT molecular complexity index is 1280. The van der Waals surface area contributed by atoms with Crippen LogP contribution in [0.2, 0.25) is 0 Å². The first-order valence-corrected chi connectivity index (χ1v) is 13.6. The van der Waals surface area contributed by atoms with Crippen molar-refractivity contribution in [2.45, 2.75) is 63.5 Å². The highest BCUT2D eigenvalue weighted by atomic mass is 16.3. The molecular weight excluding hydrogens is 446 g/mol. The third-order valence-electron chi connectivity index (χ3n) is 8.35. The lowest BCUT2D eigenvalue weighted by Crippen LogP contribution is -2.39. The third kappa shape index (κ3) is 4.90. The molecule has 1 amide bonds. The summed E-state index contributed by atoms with van der Waals surface area (Å²) in [6.07, 6.45) is 13.2. The minimum Gasteiger partial charge on any atom is -0.464 e. The van der Waals surface area contributed by atoms with E-state index in [0.29, 0.717) is 6.04 Å². The van der Waals surface area contributed by atoms with E-state index >= 15 is 0 Å². The van der Waals surface area contributed by atoms with Crippen LogP contribution in [0.25, 0.3) is 22.2 Å². The fourth-order valence-corrected chi connectivity index (χ4v) is 6.30. The molecule has 0 spiro atoms. The van der Waals surface area contributed by atoms with Crippen molar-refractivity contribution in [2.24, 2.45) is 5.92 Å². The molecule has 5 nitrogen and oxygen atoms in total. The number of nitrogens with zero attached hydrogens (tertiary/aromatic N) is 2. The number of piperidine rings is 1. The van der Waals surface area contributed by atoms with Crippen molar-refractivity contribution in [2.75, 3.05) is 13.1 Å². The SMILES string of the molecule is O=C(N[C@H]1CC[C@H](CCN2CCCCC2c2coc3cccc-3c2)CC1)c1ccnc2ccccc12. The minimum absolute atomic E-state index is 0.0282. The first-order chi connectivity index (χ1) is 17.7. The molecule has 2 fully saturated rings. The van der Waals surface area contributed by atoms with Crippen LogP contribution in [0, 0.1) is 5.92 Å². The molecule has 5 heteroatoms. The maximum absolute atomic E-state index is 13.0. The van der Waals surface area contributed by atoms with Crippen molar-refractivity contribution in [3.8, 4) is 11.3 Å². The number of hydrogen-bond donors (Lipinski definition) is 1. The van der Waals surface area contributed by atoms with Crippen LogP contribution in [0.1, 0.15) is 73.3 Å². The molecule has 1 saturated carbocycles. The number of rotatable bonds is 6. The molecule has 36 heavy (non-hydrogen) atoms. The van der Waals surface area contributed by atoms with Crippen LogP contribution < -0.4 is 5.32 Å². The molecule has 1 aromatic heterocycles. The van der Waals surface area contributed by atoms with E-state index in [1.165, 1.54) is 56.2 Å². The predicted octanol–water partition coefficient (Wildman–Crippen LogP) is 6.84. The van der Waals surface area contributed by atoms with E-state index in [-0.39, 0.29) is 11.9 Å². The Labute approximate surface area is 213 Å². The number of likely N-dealkylation sites (tertiary alicyclic amines) is 1. The second-order valence-corrected chi connectivity index (χ2v) is 10.6. The number of para-hydroxylation sites is 1. The van der Waals surface area contributed by atoms with Gasteiger partial charge in [-0.1, -0.05) is 36.8 Å². The molecule has 1 saturated heterocycles. The molecule has 2 aliphatic carbocycles. The van der Waals surface area contributed by atoms with Crippen LogP contribution in [0.15, 0.2) is 71.5 Å². The fraction of sp³-hybridized carbons (Fsp3) is 0.419. The Balaban J connectivity index is 1.02. The molecule has 186 valence electrons. The molecule has 0 bridgehead atoms. The summed E-state index contributed by atoms with van der Waals surface area (Å²) < 4.78 is 5.91. The summed E-state index contributed by atoms with van der Waals surface area (Å²) in [5.41, 5.74) is 4.13. The molecule has 1 N–H and O–H groups in total. The summed E-state index contributed by atoms with van der Waals surface area (Å²) in [5.74, 6) is 1.74. The van der Waals surface area contributed by atoms with Gasteiger partial charge in [-0.25, -0.2) is 0 Å². The molecule has 2 aliphatic heterocycles. The van der Waals surface area contributed by atoms with E-state index in [1.807, 2.05) is 42.7 Å². The molecule has 1 unspecified atom stereocenters. The van der Waals surface area contributed by atoms with Gasteiger partial charge < -0.3 is 9.73 Å². The average molecular weight is 482 g/mol. The number of benzene rings is 1. The Morgan fingerprint density at radius 2 is 1.89 bits per heavy atom. The second-order valence-electron chi connectivity index (χ2n) is 10.6. The number of nitrogens with one attached hydrogen (secondary N) is 1. The molecule has 3 heterocycles. The summed E-state index contributed by atoms with van der Waals surface area (Å²) >= 11 is 0. The zero-order chi connectivity index (χ0) is 24.3. The van der Waals surface area contributed by atoms with Gasteiger partial charge in [0.15, 0.2) is 0 Å². The number of carbonyl (C=O) groups excluding carboxylic acids is 1. The first kappa shape index (κ1) is 23.2. The van der Waals surface area contributed by atoms with Gasteiger partial charge in [-0.3, -0.25) is 14.7 Å². The average Bonchev–Trinajstić information content (AvgIpc) is 3.40. The molecular formula is C31H35N3O2. The number of fused-ring (bicyclic) bond motifs is 2. The lowest BCUT2D eigenvalue weighted by atomic mass is 9.83. The van der Waals surface area contributed by atoms with Crippen LogP contribution in [-0.2, 0) is 0 Å². The normalized spacial score (nSPS) is 23.2. The largest absolute Gasteiger partial charge is 0.464 e. The van der Waals surface area contributed by atoms with Crippen LogP contribution in [-0.4, -0.2) is 34.9 Å². The Morgan fingerprint density at radius 1 is 1.00 bits per heavy atom. The highest BCUT2D eigenvalue weighted by Gasteiger charge is 2.28. The lowest BCUT2D eigenvalue weighted by Gasteiger charge is -2.37. The molecule has 1 atom stereocenters. The smallest absolute Gasteiger partial charge is 0.252 e. The van der Waals surface area contributed by atoms with Gasteiger partial charge in [-0.2, -0.15) is 0 Å². The standard InChI is InChI=1S/C31H35N3O2/c35-31(27-15-17-32-28-8-2-1-7-26(27)28)33-25-13-11-22(12-14-25)16-19-34-18-4-3-9-29(34)24-20-23-6-5-10-30(23)36-21-24/h1-2,5-8,10,15,17,20-22,25,29H,3-4,9,11-14,16,18-19H2,(H,33,35)/t22-,25-,29?. The topological polar surface area (TPSA) is 58.4 Å².